The van der Waals surface area contributed by atoms with Gasteiger partial charge in [0.05, 0.1) is 10.7 Å². The molecule has 1 aromatic carbocycles. The molecule has 0 aliphatic carbocycles. The lowest BCUT2D eigenvalue weighted by Crippen LogP contribution is -2.13. The Morgan fingerprint density at radius 3 is 2.53 bits per heavy atom. The third kappa shape index (κ3) is 2.85. The molecule has 1 aromatic heterocycles. The van der Waals surface area contributed by atoms with Crippen molar-refractivity contribution in [1.82, 2.24) is 0 Å². The minimum atomic E-state index is -0.295. The fourth-order valence-electron chi connectivity index (χ4n) is 1.66. The second-order valence-electron chi connectivity index (χ2n) is 4.12. The number of halogens is 1. The van der Waals surface area contributed by atoms with E-state index in [-0.39, 0.29) is 11.7 Å². The molecule has 1 heterocycles. The number of benzene rings is 1. The van der Waals surface area contributed by atoms with Crippen LogP contribution in [0.4, 0.5) is 5.69 Å². The summed E-state index contributed by atoms with van der Waals surface area (Å²) in [5.41, 5.74) is 1.86. The third-order valence-electron chi connectivity index (χ3n) is 2.66. The number of thiophene rings is 1. The molecule has 3 nitrogen and oxygen atoms in total. The van der Waals surface area contributed by atoms with Gasteiger partial charge in [0.25, 0.3) is 5.91 Å². The van der Waals surface area contributed by atoms with Gasteiger partial charge in [-0.1, -0.05) is 23.7 Å². The number of anilines is 1. The summed E-state index contributed by atoms with van der Waals surface area (Å²) >= 11 is 7.34. The predicted octanol–water partition coefficient (Wildman–Crippen LogP) is 4.16. The Hall–Kier alpha value is -1.65. The Morgan fingerprint density at radius 2 is 1.95 bits per heavy atom. The summed E-state index contributed by atoms with van der Waals surface area (Å²) in [5, 5.41) is 5.02. The Morgan fingerprint density at radius 1 is 1.26 bits per heavy atom. The summed E-state index contributed by atoms with van der Waals surface area (Å²) in [6.07, 6.45) is 0. The zero-order valence-corrected chi connectivity index (χ0v) is 12.1. The van der Waals surface area contributed by atoms with E-state index in [1.165, 1.54) is 18.3 Å². The largest absolute Gasteiger partial charge is 0.321 e. The van der Waals surface area contributed by atoms with E-state index in [4.69, 9.17) is 11.6 Å². The van der Waals surface area contributed by atoms with Gasteiger partial charge in [-0.3, -0.25) is 9.59 Å². The van der Waals surface area contributed by atoms with Crippen molar-refractivity contribution < 1.29 is 9.59 Å². The molecule has 0 bridgehead atoms. The average molecular weight is 294 g/mol. The van der Waals surface area contributed by atoms with Gasteiger partial charge in [-0.05, 0) is 36.9 Å². The molecule has 0 saturated heterocycles. The van der Waals surface area contributed by atoms with Crippen molar-refractivity contribution >= 4 is 40.3 Å². The molecule has 1 N–H and O–H groups in total. The number of amides is 1. The van der Waals surface area contributed by atoms with Crippen molar-refractivity contribution in [3.05, 3.63) is 50.7 Å². The van der Waals surface area contributed by atoms with Crippen molar-refractivity contribution in [2.24, 2.45) is 0 Å². The highest BCUT2D eigenvalue weighted by Crippen LogP contribution is 2.28. The molecule has 5 heteroatoms. The Labute approximate surface area is 120 Å². The molecule has 0 fully saturated rings. The van der Waals surface area contributed by atoms with Crippen molar-refractivity contribution in [3.63, 3.8) is 0 Å². The molecule has 1 amide bonds. The summed E-state index contributed by atoms with van der Waals surface area (Å²) in [5.74, 6) is -0.388. The number of para-hydroxylation sites is 1. The standard InChI is InChI=1S/C14H12ClNO2S/c1-8-7-19-13(12(8)15)14(18)16-11-6-4-3-5-10(11)9(2)17/h3-7H,1-2H3,(H,16,18). The first-order valence-corrected chi connectivity index (χ1v) is 6.91. The maximum absolute atomic E-state index is 12.1. The topological polar surface area (TPSA) is 46.2 Å². The quantitative estimate of drug-likeness (QED) is 0.864. The van der Waals surface area contributed by atoms with Crippen LogP contribution in [0.2, 0.25) is 5.02 Å². The van der Waals surface area contributed by atoms with Gasteiger partial charge in [0.1, 0.15) is 4.88 Å². The van der Waals surface area contributed by atoms with Gasteiger partial charge >= 0.3 is 0 Å². The normalized spacial score (nSPS) is 10.3. The van der Waals surface area contributed by atoms with Crippen LogP contribution in [-0.4, -0.2) is 11.7 Å². The van der Waals surface area contributed by atoms with Crippen molar-refractivity contribution in [1.29, 1.82) is 0 Å². The van der Waals surface area contributed by atoms with Crippen LogP contribution in [0.3, 0.4) is 0 Å². The van der Waals surface area contributed by atoms with Crippen LogP contribution in [0, 0.1) is 6.92 Å². The van der Waals surface area contributed by atoms with Crippen LogP contribution in [0.5, 0.6) is 0 Å². The van der Waals surface area contributed by atoms with Gasteiger partial charge in [0, 0.05) is 5.56 Å². The first-order valence-electron chi connectivity index (χ1n) is 5.65. The molecule has 0 atom stereocenters. The lowest BCUT2D eigenvalue weighted by molar-refractivity contribution is 0.101. The molecule has 0 spiro atoms. The van der Waals surface area contributed by atoms with E-state index in [1.807, 2.05) is 12.3 Å². The molecule has 0 unspecified atom stereocenters. The van der Waals surface area contributed by atoms with Crippen LogP contribution in [0.1, 0.15) is 32.5 Å². The molecule has 98 valence electrons. The Balaban J connectivity index is 2.29. The number of hydrogen-bond acceptors (Lipinski definition) is 3. The van der Waals surface area contributed by atoms with Crippen molar-refractivity contribution in [2.75, 3.05) is 5.32 Å². The second-order valence-corrected chi connectivity index (χ2v) is 5.38. The number of carbonyl (C=O) groups excluding carboxylic acids is 2. The van der Waals surface area contributed by atoms with Crippen LogP contribution in [0.15, 0.2) is 29.6 Å². The molecule has 0 aliphatic heterocycles. The zero-order valence-electron chi connectivity index (χ0n) is 10.5. The SMILES string of the molecule is CC(=O)c1ccccc1NC(=O)c1scc(C)c1Cl. The number of ketones is 1. The van der Waals surface area contributed by atoms with Crippen LogP contribution >= 0.6 is 22.9 Å². The Bertz CT molecular complexity index is 649. The summed E-state index contributed by atoms with van der Waals surface area (Å²) in [4.78, 5) is 24.1. The average Bonchev–Trinajstić information content (AvgIpc) is 2.70. The smallest absolute Gasteiger partial charge is 0.267 e. The predicted molar refractivity (Wildman–Crippen MR) is 78.5 cm³/mol. The minimum absolute atomic E-state index is 0.0932. The molecule has 0 saturated carbocycles. The van der Waals surface area contributed by atoms with Crippen molar-refractivity contribution in [2.45, 2.75) is 13.8 Å². The maximum Gasteiger partial charge on any atom is 0.267 e. The first kappa shape index (κ1) is 13.8. The molecule has 2 aromatic rings. The number of hydrogen-bond donors (Lipinski definition) is 1. The van der Waals surface area contributed by atoms with Crippen molar-refractivity contribution in [3.8, 4) is 0 Å². The molecular weight excluding hydrogens is 282 g/mol. The molecule has 2 rings (SSSR count). The monoisotopic (exact) mass is 293 g/mol. The number of rotatable bonds is 3. The van der Waals surface area contributed by atoms with Gasteiger partial charge in [-0.25, -0.2) is 0 Å². The van der Waals surface area contributed by atoms with E-state index in [0.29, 0.717) is 21.2 Å². The van der Waals surface area contributed by atoms with E-state index in [1.54, 1.807) is 24.3 Å². The highest BCUT2D eigenvalue weighted by Gasteiger charge is 2.16. The fourth-order valence-corrected chi connectivity index (χ4v) is 2.83. The summed E-state index contributed by atoms with van der Waals surface area (Å²) in [7, 11) is 0. The highest BCUT2D eigenvalue weighted by molar-refractivity contribution is 7.13. The molecule has 0 aliphatic rings. The number of carbonyl (C=O) groups is 2. The van der Waals surface area contributed by atoms with Gasteiger partial charge in [0.15, 0.2) is 5.78 Å². The zero-order chi connectivity index (χ0) is 14.0. The summed E-state index contributed by atoms with van der Waals surface area (Å²) < 4.78 is 0. The lowest BCUT2D eigenvalue weighted by atomic mass is 10.1. The van der Waals surface area contributed by atoms with E-state index in [2.05, 4.69) is 5.32 Å². The highest BCUT2D eigenvalue weighted by atomic mass is 35.5. The van der Waals surface area contributed by atoms with E-state index < -0.39 is 0 Å². The van der Waals surface area contributed by atoms with Crippen LogP contribution < -0.4 is 5.32 Å². The molecular formula is C14H12ClNO2S. The van der Waals surface area contributed by atoms with Gasteiger partial charge < -0.3 is 5.32 Å². The lowest BCUT2D eigenvalue weighted by Gasteiger charge is -2.08. The first-order chi connectivity index (χ1) is 9.00. The van der Waals surface area contributed by atoms with Crippen LogP contribution in [0.25, 0.3) is 0 Å². The number of aryl methyl sites for hydroxylation is 1. The molecule has 0 radical (unpaired) electrons. The van der Waals surface area contributed by atoms with Gasteiger partial charge in [-0.2, -0.15) is 0 Å². The van der Waals surface area contributed by atoms with Gasteiger partial charge in [0.2, 0.25) is 0 Å². The van der Waals surface area contributed by atoms with Crippen LogP contribution in [-0.2, 0) is 0 Å². The fraction of sp³-hybridized carbons (Fsp3) is 0.143. The second kappa shape index (κ2) is 5.55. The van der Waals surface area contributed by atoms with E-state index in [9.17, 15) is 9.59 Å². The summed E-state index contributed by atoms with van der Waals surface area (Å²) in [6.45, 7) is 3.31. The molecule has 19 heavy (non-hydrogen) atoms. The number of nitrogens with one attached hydrogen (secondary N) is 1. The Kier molecular flexibility index (Phi) is 4.02. The van der Waals surface area contributed by atoms with E-state index >= 15 is 0 Å². The maximum atomic E-state index is 12.1. The minimum Gasteiger partial charge on any atom is -0.321 e. The van der Waals surface area contributed by atoms with E-state index in [0.717, 1.165) is 5.56 Å². The van der Waals surface area contributed by atoms with Gasteiger partial charge in [-0.15, -0.1) is 11.3 Å². The third-order valence-corrected chi connectivity index (χ3v) is 4.36. The summed E-state index contributed by atoms with van der Waals surface area (Å²) in [6, 6.07) is 6.90. The number of Topliss-reactive ketones (excluding diaryl/α,β-unsaturated/α-hetero) is 1.